The van der Waals surface area contributed by atoms with Crippen LogP contribution in [0.2, 0.25) is 0 Å². The molecule has 0 amide bonds. The summed E-state index contributed by atoms with van der Waals surface area (Å²) in [6, 6.07) is 26.2. The number of nitriles is 1. The number of hydrogen-bond acceptors (Lipinski definition) is 10. The second-order valence-corrected chi connectivity index (χ2v) is 10.5. The summed E-state index contributed by atoms with van der Waals surface area (Å²) < 4.78 is 0. The Hall–Kier alpha value is -4.99. The number of H-pyrrole nitrogens is 1. The number of nitrogens with zero attached hydrogens (tertiary/aromatic N) is 6. The van der Waals surface area contributed by atoms with E-state index < -0.39 is 12.1 Å². The molecule has 11 nitrogen and oxygen atoms in total. The highest BCUT2D eigenvalue weighted by atomic mass is 16.7. The molecule has 6 rings (SSSR count). The number of aromatic nitrogens is 4. The monoisotopic (exact) mass is 575 g/mol. The lowest BCUT2D eigenvalue weighted by Gasteiger charge is -2.42. The van der Waals surface area contributed by atoms with Crippen molar-refractivity contribution in [1.29, 1.82) is 5.26 Å². The molecule has 1 aliphatic rings. The first kappa shape index (κ1) is 28.1. The fourth-order valence-electron chi connectivity index (χ4n) is 5.63. The van der Waals surface area contributed by atoms with Gasteiger partial charge in [0.15, 0.2) is 0 Å². The van der Waals surface area contributed by atoms with Gasteiger partial charge in [0.1, 0.15) is 11.9 Å². The minimum Gasteiger partial charge on any atom is -0.325 e. The van der Waals surface area contributed by atoms with Crippen molar-refractivity contribution >= 4 is 16.9 Å². The summed E-state index contributed by atoms with van der Waals surface area (Å²) in [6.45, 7) is 2.00. The fourth-order valence-corrected chi connectivity index (χ4v) is 5.63. The molecular formula is C32H29N7O4. The van der Waals surface area contributed by atoms with E-state index in [1.807, 2.05) is 42.5 Å². The number of pyridine rings is 2. The summed E-state index contributed by atoms with van der Waals surface area (Å²) in [5.74, 6) is -0.0611. The Morgan fingerprint density at radius 2 is 1.70 bits per heavy atom. The lowest BCUT2D eigenvalue weighted by atomic mass is 9.97. The van der Waals surface area contributed by atoms with E-state index in [0.717, 1.165) is 32.8 Å². The van der Waals surface area contributed by atoms with Crippen LogP contribution >= 0.6 is 0 Å². The van der Waals surface area contributed by atoms with E-state index in [-0.39, 0.29) is 17.2 Å². The number of anilines is 1. The first-order valence-corrected chi connectivity index (χ1v) is 13.9. The van der Waals surface area contributed by atoms with Gasteiger partial charge >= 0.3 is 6.10 Å². The van der Waals surface area contributed by atoms with Crippen LogP contribution in [0.1, 0.15) is 24.2 Å². The molecule has 0 radical (unpaired) electrons. The van der Waals surface area contributed by atoms with Crippen LogP contribution in [0.5, 0.6) is 0 Å². The van der Waals surface area contributed by atoms with Gasteiger partial charge in [-0.05, 0) is 42.2 Å². The summed E-state index contributed by atoms with van der Waals surface area (Å²) in [4.78, 5) is 30.9. The third-order valence-electron chi connectivity index (χ3n) is 7.65. The van der Waals surface area contributed by atoms with Crippen molar-refractivity contribution in [3.63, 3.8) is 0 Å². The predicted octanol–water partition coefficient (Wildman–Crippen LogP) is 2.98. The first-order valence-electron chi connectivity index (χ1n) is 13.9. The summed E-state index contributed by atoms with van der Waals surface area (Å²) in [6.07, 6.45) is -0.711. The molecule has 0 saturated carbocycles. The second kappa shape index (κ2) is 11.7. The quantitative estimate of drug-likeness (QED) is 0.212. The molecule has 0 aliphatic carbocycles. The highest BCUT2D eigenvalue weighted by Gasteiger charge is 2.38. The molecule has 1 saturated heterocycles. The van der Waals surface area contributed by atoms with E-state index >= 15 is 0 Å². The summed E-state index contributed by atoms with van der Waals surface area (Å²) in [7, 11) is 0. The van der Waals surface area contributed by atoms with Crippen molar-refractivity contribution in [3.8, 4) is 28.5 Å². The molecular weight excluding hydrogens is 546 g/mol. The van der Waals surface area contributed by atoms with E-state index in [9.17, 15) is 20.1 Å². The largest absolute Gasteiger partial charge is 0.371 e. The van der Waals surface area contributed by atoms with Crippen molar-refractivity contribution < 1.29 is 15.3 Å². The van der Waals surface area contributed by atoms with E-state index in [4.69, 9.17) is 10.2 Å². The lowest BCUT2D eigenvalue weighted by Crippen LogP contribution is -2.57. The summed E-state index contributed by atoms with van der Waals surface area (Å²) in [5.41, 5.74) is 6.03. The van der Waals surface area contributed by atoms with Crippen molar-refractivity contribution in [2.45, 2.75) is 31.5 Å². The number of benzene rings is 2. The van der Waals surface area contributed by atoms with E-state index in [1.54, 1.807) is 6.07 Å². The van der Waals surface area contributed by atoms with Gasteiger partial charge in [-0.1, -0.05) is 54.6 Å². The van der Waals surface area contributed by atoms with Crippen LogP contribution in [-0.2, 0) is 6.54 Å². The van der Waals surface area contributed by atoms with Crippen molar-refractivity contribution in [1.82, 2.24) is 24.8 Å². The maximum atomic E-state index is 11.9. The topological polar surface area (TPSA) is 162 Å². The Balaban J connectivity index is 1.19. The Kier molecular flexibility index (Phi) is 7.67. The Morgan fingerprint density at radius 3 is 2.40 bits per heavy atom. The van der Waals surface area contributed by atoms with Gasteiger partial charge in [-0.25, -0.2) is 15.0 Å². The third kappa shape index (κ3) is 6.13. The second-order valence-electron chi connectivity index (χ2n) is 10.5. The van der Waals surface area contributed by atoms with Crippen LogP contribution in [0, 0.1) is 11.3 Å². The van der Waals surface area contributed by atoms with Gasteiger partial charge < -0.3 is 20.3 Å². The number of aliphatic hydroxyl groups is 3. The number of aromatic amines is 1. The molecule has 216 valence electrons. The zero-order valence-electron chi connectivity index (χ0n) is 23.1. The van der Waals surface area contributed by atoms with Gasteiger partial charge in [0.25, 0.3) is 0 Å². The van der Waals surface area contributed by atoms with Gasteiger partial charge in [-0.3, -0.25) is 14.6 Å². The van der Waals surface area contributed by atoms with Crippen LogP contribution in [0.25, 0.3) is 33.4 Å². The standard InChI is InChI=1S/C32H29N7O4/c33-19-28-34-15-12-29(37-28)39(32(41,42)43)24-13-16-38(17-14-24)20-21-6-8-23(9-7-21)31-25(22-4-2-1-3-5-22)18-27-26(36-31)10-11-30(40)35-27/h1-12,15,18,24,41-43H,13-14,16-17,20H2,(H,35,40). The molecule has 0 spiro atoms. The molecule has 4 N–H and O–H groups in total. The van der Waals surface area contributed by atoms with Crippen LogP contribution in [0.15, 0.2) is 89.9 Å². The Morgan fingerprint density at radius 1 is 0.953 bits per heavy atom. The van der Waals surface area contributed by atoms with Gasteiger partial charge in [0.2, 0.25) is 11.4 Å². The molecule has 3 aromatic heterocycles. The molecule has 2 aromatic carbocycles. The molecule has 11 heteroatoms. The highest BCUT2D eigenvalue weighted by molar-refractivity contribution is 5.89. The van der Waals surface area contributed by atoms with E-state index in [1.165, 1.54) is 18.3 Å². The maximum Gasteiger partial charge on any atom is 0.371 e. The maximum absolute atomic E-state index is 11.9. The molecule has 5 aromatic rings. The minimum atomic E-state index is -3.13. The number of likely N-dealkylation sites (tertiary alicyclic amines) is 1. The molecule has 43 heavy (non-hydrogen) atoms. The Labute approximate surface area is 247 Å². The third-order valence-corrected chi connectivity index (χ3v) is 7.65. The first-order chi connectivity index (χ1) is 20.8. The van der Waals surface area contributed by atoms with Crippen LogP contribution in [0.4, 0.5) is 5.82 Å². The highest BCUT2D eigenvalue weighted by Crippen LogP contribution is 2.33. The predicted molar refractivity (Wildman–Crippen MR) is 160 cm³/mol. The van der Waals surface area contributed by atoms with Gasteiger partial charge in [-0.2, -0.15) is 5.26 Å². The van der Waals surface area contributed by atoms with Crippen LogP contribution < -0.4 is 10.5 Å². The summed E-state index contributed by atoms with van der Waals surface area (Å²) >= 11 is 0. The molecule has 1 aliphatic heterocycles. The van der Waals surface area contributed by atoms with Gasteiger partial charge in [0, 0.05) is 49.1 Å². The Bertz CT molecular complexity index is 1840. The van der Waals surface area contributed by atoms with Crippen molar-refractivity contribution in [3.05, 3.63) is 107 Å². The average Bonchev–Trinajstić information content (AvgIpc) is 3.01. The SMILES string of the molecule is N#Cc1nccc(N(C2CCN(Cc3ccc(-c4nc5ccc(=O)[nH]c5cc4-c4ccccc4)cc3)CC2)C(O)(O)O)n1. The van der Waals surface area contributed by atoms with E-state index in [0.29, 0.717) is 43.5 Å². The molecule has 0 unspecified atom stereocenters. The smallest absolute Gasteiger partial charge is 0.325 e. The molecule has 1 fully saturated rings. The minimum absolute atomic E-state index is 0.0663. The van der Waals surface area contributed by atoms with Crippen LogP contribution in [-0.4, -0.2) is 65.4 Å². The normalized spacial score (nSPS) is 14.5. The number of rotatable bonds is 7. The van der Waals surface area contributed by atoms with E-state index in [2.05, 4.69) is 44.1 Å². The van der Waals surface area contributed by atoms with Crippen molar-refractivity contribution in [2.24, 2.45) is 0 Å². The van der Waals surface area contributed by atoms with Crippen molar-refractivity contribution in [2.75, 3.05) is 18.0 Å². The number of hydrogen-bond donors (Lipinski definition) is 4. The summed E-state index contributed by atoms with van der Waals surface area (Å²) in [5, 5.41) is 39.4. The van der Waals surface area contributed by atoms with Gasteiger partial charge in [-0.15, -0.1) is 0 Å². The number of nitrogens with one attached hydrogen (secondary N) is 1. The molecule has 4 heterocycles. The average molecular weight is 576 g/mol. The zero-order chi connectivity index (χ0) is 30.0. The molecule has 0 atom stereocenters. The lowest BCUT2D eigenvalue weighted by molar-refractivity contribution is -0.314. The number of fused-ring (bicyclic) bond motifs is 1. The fraction of sp³-hybridized carbons (Fsp3) is 0.219. The number of piperidine rings is 1. The van der Waals surface area contributed by atoms with Gasteiger partial charge in [0.05, 0.1) is 16.7 Å². The van der Waals surface area contributed by atoms with Crippen LogP contribution in [0.3, 0.4) is 0 Å². The zero-order valence-corrected chi connectivity index (χ0v) is 23.1. The molecule has 0 bridgehead atoms.